The Labute approximate surface area is 265 Å². The predicted molar refractivity (Wildman–Crippen MR) is 158 cm³/mol. The monoisotopic (exact) mass is 673 g/mol. The number of aromatic nitrogens is 3. The number of piperidine rings is 1. The first kappa shape index (κ1) is 35.1. The molecule has 2 aliphatic heterocycles. The van der Waals surface area contributed by atoms with Crippen molar-refractivity contribution < 1.29 is 45.8 Å². The Kier molecular flexibility index (Phi) is 10.6. The van der Waals surface area contributed by atoms with E-state index < -0.39 is 42.0 Å². The van der Waals surface area contributed by atoms with Crippen molar-refractivity contribution in [2.45, 2.75) is 71.6 Å². The number of nitrogens with zero attached hydrogens (tertiary/aromatic N) is 5. The smallest absolute Gasteiger partial charge is 0.481 e. The maximum absolute atomic E-state index is 13.7. The number of ketones is 1. The van der Waals surface area contributed by atoms with Crippen LogP contribution in [0.3, 0.4) is 0 Å². The fraction of sp³-hybridized carbons (Fsp3) is 0.500. The normalized spacial score (nSPS) is 18.0. The first-order valence-electron chi connectivity index (χ1n) is 14.2. The van der Waals surface area contributed by atoms with Gasteiger partial charge in [-0.05, 0) is 62.9 Å². The van der Waals surface area contributed by atoms with Gasteiger partial charge in [0.1, 0.15) is 28.3 Å². The van der Waals surface area contributed by atoms with Gasteiger partial charge >= 0.3 is 18.5 Å². The molecule has 4 heterocycles. The molecule has 0 bridgehead atoms. The Balaban J connectivity index is 0.00000480. The molecule has 0 unspecified atom stereocenters. The third-order valence-electron chi connectivity index (χ3n) is 7.79. The fourth-order valence-corrected chi connectivity index (χ4v) is 6.78. The molecule has 2 fully saturated rings. The molecule has 0 spiro atoms. The number of thiazole rings is 1. The number of ether oxygens (including phenoxy) is 1. The van der Waals surface area contributed by atoms with Crippen LogP contribution in [0.15, 0.2) is 30.6 Å². The molecule has 1 atom stereocenters. The van der Waals surface area contributed by atoms with Crippen LogP contribution in [0.1, 0.15) is 59.0 Å². The first-order valence-corrected chi connectivity index (χ1v) is 15.0. The summed E-state index contributed by atoms with van der Waals surface area (Å²) in [6, 6.07) is 2.20. The van der Waals surface area contributed by atoms with Crippen molar-refractivity contribution in [1.82, 2.24) is 19.9 Å². The first-order chi connectivity index (χ1) is 21.2. The summed E-state index contributed by atoms with van der Waals surface area (Å²) in [5, 5.41) is 9.45. The average molecular weight is 674 g/mol. The zero-order valence-corrected chi connectivity index (χ0v) is 24.8. The summed E-state index contributed by atoms with van der Waals surface area (Å²) in [5.74, 6) is -1.71. The van der Waals surface area contributed by atoms with Crippen molar-refractivity contribution in [3.8, 4) is 17.0 Å². The predicted octanol–water partition coefficient (Wildman–Crippen LogP) is 6.70. The van der Waals surface area contributed by atoms with E-state index in [9.17, 15) is 41.0 Å². The van der Waals surface area contributed by atoms with Crippen molar-refractivity contribution in [2.24, 2.45) is 5.92 Å². The molecule has 1 aromatic carbocycles. The van der Waals surface area contributed by atoms with Gasteiger partial charge in [0.2, 0.25) is 0 Å². The molecule has 2 aromatic heterocycles. The molecular weight excluding hydrogens is 640 g/mol. The number of aryl methyl sites for hydroxylation is 1. The number of Topliss-reactive ketones (excluding diaryl/α,β-unsaturated/α-hetero) is 1. The van der Waals surface area contributed by atoms with Crippen molar-refractivity contribution in [3.63, 3.8) is 0 Å². The molecule has 1 N–H and O–H groups in total. The molecule has 2 aliphatic rings. The Bertz CT molecular complexity index is 1540. The lowest BCUT2D eigenvalue weighted by molar-refractivity contribution is -0.274. The molecule has 0 saturated carbocycles. The highest BCUT2D eigenvalue weighted by atomic mass is 32.1. The number of halogens is 6. The summed E-state index contributed by atoms with van der Waals surface area (Å²) in [7, 11) is 0. The van der Waals surface area contributed by atoms with Gasteiger partial charge in [-0.1, -0.05) is 7.43 Å². The number of alkyl halides is 6. The molecule has 16 heteroatoms. The van der Waals surface area contributed by atoms with Gasteiger partial charge in [0, 0.05) is 30.1 Å². The van der Waals surface area contributed by atoms with E-state index >= 15 is 0 Å². The minimum Gasteiger partial charge on any atom is -0.481 e. The number of carboxylic acids is 1. The highest BCUT2D eigenvalue weighted by Crippen LogP contribution is 2.38. The Morgan fingerprint density at radius 2 is 1.74 bits per heavy atom. The van der Waals surface area contributed by atoms with Gasteiger partial charge < -0.3 is 14.7 Å². The molecule has 5 rings (SSSR count). The molecule has 250 valence electrons. The summed E-state index contributed by atoms with van der Waals surface area (Å²) in [5.41, 5.74) is 0.848. The third-order valence-corrected chi connectivity index (χ3v) is 8.83. The van der Waals surface area contributed by atoms with Gasteiger partial charge in [-0.25, -0.2) is 15.0 Å². The second kappa shape index (κ2) is 13.9. The lowest BCUT2D eigenvalue weighted by Gasteiger charge is -2.30. The van der Waals surface area contributed by atoms with Crippen LogP contribution in [0, 0.1) is 12.8 Å². The number of hydrogen-bond acceptors (Lipinski definition) is 9. The Hall–Kier alpha value is -3.79. The number of carboxylic acid groups (broad SMARTS) is 1. The maximum atomic E-state index is 13.7. The Morgan fingerprint density at radius 3 is 2.35 bits per heavy atom. The number of carbonyl (C=O) groups excluding carboxylic acids is 1. The van der Waals surface area contributed by atoms with E-state index in [2.05, 4.69) is 19.7 Å². The standard InChI is InChI=1S/C29H29F6N5O4S.CH4/c1-16-9-18(11-19(10-16)44-29(33,34)35)26-22(15-40-6-2-3-23(40)28(30,31)32)45-25(38-26)12-21(41)20-13-37-24(14-36-20)39-7-4-17(5-8-39)27(42)43;/h9-11,13-14,17,23H,2-8,12,15H2,1H3,(H,42,43);1H4/t23-;/m0./s1. The molecule has 0 amide bonds. The van der Waals surface area contributed by atoms with E-state index in [4.69, 9.17) is 0 Å². The molecule has 9 nitrogen and oxygen atoms in total. The number of benzene rings is 1. The van der Waals surface area contributed by atoms with Gasteiger partial charge in [-0.2, -0.15) is 13.2 Å². The minimum atomic E-state index is -4.95. The second-order valence-electron chi connectivity index (χ2n) is 11.1. The van der Waals surface area contributed by atoms with E-state index in [0.29, 0.717) is 48.6 Å². The summed E-state index contributed by atoms with van der Waals surface area (Å²) >= 11 is 1.02. The van der Waals surface area contributed by atoms with Crippen LogP contribution in [-0.4, -0.2) is 74.9 Å². The number of hydrogen-bond donors (Lipinski definition) is 1. The van der Waals surface area contributed by atoms with Crippen LogP contribution in [0.2, 0.25) is 0 Å². The van der Waals surface area contributed by atoms with Gasteiger partial charge in [0.25, 0.3) is 0 Å². The summed E-state index contributed by atoms with van der Waals surface area (Å²) in [6.45, 7) is 2.54. The number of likely N-dealkylation sites (tertiary alicyclic amines) is 1. The number of anilines is 1. The van der Waals surface area contributed by atoms with Crippen molar-refractivity contribution in [3.05, 3.63) is 51.7 Å². The molecule has 46 heavy (non-hydrogen) atoms. The molecule has 0 radical (unpaired) electrons. The van der Waals surface area contributed by atoms with Gasteiger partial charge in [-0.3, -0.25) is 14.5 Å². The third kappa shape index (κ3) is 8.51. The van der Waals surface area contributed by atoms with Crippen molar-refractivity contribution in [1.29, 1.82) is 0 Å². The van der Waals surface area contributed by atoms with Crippen LogP contribution in [0.5, 0.6) is 5.75 Å². The maximum Gasteiger partial charge on any atom is 0.573 e. The molecule has 0 aliphatic carbocycles. The SMILES string of the molecule is C.Cc1cc(OC(F)(F)F)cc(-c2nc(CC(=O)c3cnc(N4CCC(C(=O)O)CC4)cn3)sc2CN2CCC[C@H]2C(F)(F)F)c1. The number of rotatable bonds is 9. The van der Waals surface area contributed by atoms with E-state index in [1.807, 2.05) is 4.90 Å². The van der Waals surface area contributed by atoms with Crippen LogP contribution in [-0.2, 0) is 17.8 Å². The second-order valence-corrected chi connectivity index (χ2v) is 12.3. The quantitative estimate of drug-likeness (QED) is 0.196. The zero-order chi connectivity index (χ0) is 32.5. The molecule has 2 saturated heterocycles. The molecule has 3 aromatic rings. The Morgan fingerprint density at radius 1 is 1.02 bits per heavy atom. The minimum absolute atomic E-state index is 0. The number of carbonyl (C=O) groups is 2. The van der Waals surface area contributed by atoms with Crippen LogP contribution in [0.4, 0.5) is 32.2 Å². The molecular formula is C30H33F6N5O4S. The largest absolute Gasteiger partial charge is 0.573 e. The lowest BCUT2D eigenvalue weighted by atomic mass is 9.97. The van der Waals surface area contributed by atoms with Gasteiger partial charge in [0.05, 0.1) is 30.4 Å². The summed E-state index contributed by atoms with van der Waals surface area (Å²) in [6.07, 6.45) is -5.74. The van der Waals surface area contributed by atoms with Crippen LogP contribution in [0.25, 0.3) is 11.3 Å². The average Bonchev–Trinajstić information content (AvgIpc) is 3.59. The highest BCUT2D eigenvalue weighted by Gasteiger charge is 2.46. The van der Waals surface area contributed by atoms with E-state index in [0.717, 1.165) is 17.4 Å². The van der Waals surface area contributed by atoms with Crippen molar-refractivity contribution in [2.75, 3.05) is 24.5 Å². The fourth-order valence-electron chi connectivity index (χ4n) is 5.67. The van der Waals surface area contributed by atoms with E-state index in [1.54, 1.807) is 13.0 Å². The van der Waals surface area contributed by atoms with Crippen LogP contribution >= 0.6 is 11.3 Å². The summed E-state index contributed by atoms with van der Waals surface area (Å²) < 4.78 is 84.1. The van der Waals surface area contributed by atoms with E-state index in [-0.39, 0.29) is 55.3 Å². The van der Waals surface area contributed by atoms with Gasteiger partial charge in [-0.15, -0.1) is 24.5 Å². The zero-order valence-electron chi connectivity index (χ0n) is 24.0. The topological polar surface area (TPSA) is 109 Å². The van der Waals surface area contributed by atoms with Crippen molar-refractivity contribution >= 4 is 28.9 Å². The van der Waals surface area contributed by atoms with E-state index in [1.165, 1.54) is 23.4 Å². The number of aliphatic carboxylic acids is 1. The highest BCUT2D eigenvalue weighted by molar-refractivity contribution is 7.12. The van der Waals surface area contributed by atoms with Gasteiger partial charge in [0.15, 0.2) is 5.78 Å². The lowest BCUT2D eigenvalue weighted by Crippen LogP contribution is -2.40. The van der Waals surface area contributed by atoms with Crippen LogP contribution < -0.4 is 9.64 Å². The summed E-state index contributed by atoms with van der Waals surface area (Å²) in [4.78, 5) is 40.9.